The molecule has 1 heterocycles. The number of nitrogens with zero attached hydrogens (tertiary/aromatic N) is 2. The summed E-state index contributed by atoms with van der Waals surface area (Å²) in [4.78, 5) is 29.5. The monoisotopic (exact) mass is 317 g/mol. The number of amides is 1. The normalized spacial score (nSPS) is 10.6. The molecule has 0 aliphatic carbocycles. The van der Waals surface area contributed by atoms with Crippen molar-refractivity contribution in [2.24, 2.45) is 0 Å². The minimum absolute atomic E-state index is 0.0542. The number of H-pyrrole nitrogens is 1. The van der Waals surface area contributed by atoms with E-state index in [1.54, 1.807) is 29.2 Å². The fourth-order valence-corrected chi connectivity index (χ4v) is 2.64. The van der Waals surface area contributed by atoms with E-state index in [1.807, 2.05) is 13.8 Å². The molecular formula is C16H19N3O2S. The number of nitrogens with one attached hydrogen (secondary N) is 1. The van der Waals surface area contributed by atoms with Crippen molar-refractivity contribution in [1.29, 1.82) is 0 Å². The quantitative estimate of drug-likeness (QED) is 0.681. The largest absolute Gasteiger partial charge is 0.339 e. The molecule has 116 valence electrons. The van der Waals surface area contributed by atoms with E-state index in [1.165, 1.54) is 4.57 Å². The van der Waals surface area contributed by atoms with Crippen molar-refractivity contribution in [3.63, 3.8) is 0 Å². The number of benzene rings is 1. The molecule has 0 fully saturated rings. The lowest BCUT2D eigenvalue weighted by Gasteiger charge is -2.18. The molecule has 0 aliphatic heterocycles. The Morgan fingerprint density at radius 1 is 1.41 bits per heavy atom. The first-order valence-electron chi connectivity index (χ1n) is 7.20. The highest BCUT2D eigenvalue weighted by molar-refractivity contribution is 7.71. The molecule has 0 atom stereocenters. The molecular weight excluding hydrogens is 298 g/mol. The molecule has 0 radical (unpaired) electrons. The van der Waals surface area contributed by atoms with Gasteiger partial charge < -0.3 is 9.88 Å². The number of hydrogen-bond acceptors (Lipinski definition) is 3. The maximum Gasteiger partial charge on any atom is 0.262 e. The van der Waals surface area contributed by atoms with Crippen molar-refractivity contribution < 1.29 is 4.79 Å². The minimum Gasteiger partial charge on any atom is -0.339 e. The molecule has 1 aromatic carbocycles. The van der Waals surface area contributed by atoms with Crippen LogP contribution in [0.5, 0.6) is 0 Å². The lowest BCUT2D eigenvalue weighted by atomic mass is 10.1. The van der Waals surface area contributed by atoms with E-state index in [0.717, 1.165) is 0 Å². The summed E-state index contributed by atoms with van der Waals surface area (Å²) in [5, 5.41) is 0.506. The van der Waals surface area contributed by atoms with Crippen LogP contribution in [0, 0.1) is 4.77 Å². The van der Waals surface area contributed by atoms with Crippen LogP contribution in [0.25, 0.3) is 10.9 Å². The first-order valence-corrected chi connectivity index (χ1v) is 7.61. The van der Waals surface area contributed by atoms with Crippen LogP contribution in [0.1, 0.15) is 24.2 Å². The van der Waals surface area contributed by atoms with E-state index < -0.39 is 0 Å². The van der Waals surface area contributed by atoms with Gasteiger partial charge in [-0.25, -0.2) is 0 Å². The van der Waals surface area contributed by atoms with Gasteiger partial charge in [0.1, 0.15) is 0 Å². The number of carbonyl (C=O) groups excluding carboxylic acids is 1. The second kappa shape index (κ2) is 6.70. The van der Waals surface area contributed by atoms with Gasteiger partial charge in [0.25, 0.3) is 11.5 Å². The van der Waals surface area contributed by atoms with Crippen LogP contribution in [0.4, 0.5) is 0 Å². The van der Waals surface area contributed by atoms with Crippen molar-refractivity contribution in [3.05, 3.63) is 51.5 Å². The predicted octanol–water partition coefficient (Wildman–Crippen LogP) is 2.73. The lowest BCUT2D eigenvalue weighted by molar-refractivity contribution is 0.0773. The van der Waals surface area contributed by atoms with E-state index >= 15 is 0 Å². The zero-order chi connectivity index (χ0) is 16.3. The number of carbonyl (C=O) groups is 1. The first-order chi connectivity index (χ1) is 10.5. The lowest BCUT2D eigenvalue weighted by Crippen LogP contribution is -2.30. The minimum atomic E-state index is -0.180. The third-order valence-corrected chi connectivity index (χ3v) is 3.91. The van der Waals surface area contributed by atoms with Gasteiger partial charge in [-0.3, -0.25) is 14.2 Å². The van der Waals surface area contributed by atoms with Crippen molar-refractivity contribution in [1.82, 2.24) is 14.5 Å². The third-order valence-electron chi connectivity index (χ3n) is 3.59. The van der Waals surface area contributed by atoms with E-state index in [4.69, 9.17) is 12.2 Å². The van der Waals surface area contributed by atoms with Crippen molar-refractivity contribution in [2.45, 2.75) is 20.4 Å². The summed E-state index contributed by atoms with van der Waals surface area (Å²) in [7, 11) is 0. The summed E-state index contributed by atoms with van der Waals surface area (Å²) < 4.78 is 1.76. The predicted molar refractivity (Wildman–Crippen MR) is 90.8 cm³/mol. The molecule has 0 aliphatic rings. The van der Waals surface area contributed by atoms with Crippen LogP contribution in [0.2, 0.25) is 0 Å². The van der Waals surface area contributed by atoms with E-state index in [2.05, 4.69) is 11.6 Å². The Morgan fingerprint density at radius 3 is 2.68 bits per heavy atom. The fraction of sp³-hybridized carbons (Fsp3) is 0.312. The molecule has 0 saturated heterocycles. The van der Waals surface area contributed by atoms with Gasteiger partial charge in [-0.1, -0.05) is 6.08 Å². The van der Waals surface area contributed by atoms with Crippen molar-refractivity contribution in [3.8, 4) is 0 Å². The Balaban J connectivity index is 2.59. The molecule has 0 spiro atoms. The highest BCUT2D eigenvalue weighted by Gasteiger charge is 2.14. The molecule has 0 unspecified atom stereocenters. The van der Waals surface area contributed by atoms with Gasteiger partial charge in [-0.05, 0) is 44.3 Å². The number of hydrogen-bond donors (Lipinski definition) is 1. The van der Waals surface area contributed by atoms with Crippen LogP contribution >= 0.6 is 12.2 Å². The summed E-state index contributed by atoms with van der Waals surface area (Å²) in [6.07, 6.45) is 1.62. The molecule has 0 bridgehead atoms. The second-order valence-corrected chi connectivity index (χ2v) is 5.26. The summed E-state index contributed by atoms with van der Waals surface area (Å²) in [5.74, 6) is -0.0542. The summed E-state index contributed by atoms with van der Waals surface area (Å²) in [5.41, 5.74) is 0.941. The molecule has 2 aromatic rings. The van der Waals surface area contributed by atoms with Crippen LogP contribution in [-0.4, -0.2) is 33.4 Å². The number of fused-ring (bicyclic) bond motifs is 1. The van der Waals surface area contributed by atoms with Crippen LogP contribution in [-0.2, 0) is 6.54 Å². The van der Waals surface area contributed by atoms with Gasteiger partial charge in [0.2, 0.25) is 0 Å². The van der Waals surface area contributed by atoms with Gasteiger partial charge in [0.05, 0.1) is 10.9 Å². The van der Waals surface area contributed by atoms with Gasteiger partial charge in [-0.2, -0.15) is 0 Å². The smallest absolute Gasteiger partial charge is 0.262 e. The van der Waals surface area contributed by atoms with Gasteiger partial charge in [0.15, 0.2) is 4.77 Å². The third kappa shape index (κ3) is 2.87. The Kier molecular flexibility index (Phi) is 4.92. The van der Waals surface area contributed by atoms with E-state index in [9.17, 15) is 9.59 Å². The second-order valence-electron chi connectivity index (χ2n) is 4.87. The molecule has 1 amide bonds. The van der Waals surface area contributed by atoms with E-state index in [0.29, 0.717) is 40.9 Å². The maximum absolute atomic E-state index is 12.4. The summed E-state index contributed by atoms with van der Waals surface area (Å²) in [6, 6.07) is 5.03. The molecule has 2 rings (SSSR count). The number of aromatic amines is 1. The highest BCUT2D eigenvalue weighted by Crippen LogP contribution is 2.13. The van der Waals surface area contributed by atoms with Gasteiger partial charge in [0, 0.05) is 25.2 Å². The highest BCUT2D eigenvalue weighted by atomic mass is 32.1. The Morgan fingerprint density at radius 2 is 2.09 bits per heavy atom. The molecule has 6 heteroatoms. The molecule has 0 saturated carbocycles. The van der Waals surface area contributed by atoms with Crippen molar-refractivity contribution >= 4 is 29.0 Å². The Bertz CT molecular complexity index is 831. The molecule has 1 aromatic heterocycles. The molecule has 1 N–H and O–H groups in total. The fourth-order valence-electron chi connectivity index (χ4n) is 2.38. The van der Waals surface area contributed by atoms with Crippen LogP contribution < -0.4 is 5.56 Å². The summed E-state index contributed by atoms with van der Waals surface area (Å²) in [6.45, 7) is 9.13. The van der Waals surface area contributed by atoms with Gasteiger partial charge in [-0.15, -0.1) is 6.58 Å². The maximum atomic E-state index is 12.4. The van der Waals surface area contributed by atoms with Crippen LogP contribution in [0.3, 0.4) is 0 Å². The average molecular weight is 317 g/mol. The van der Waals surface area contributed by atoms with Crippen molar-refractivity contribution in [2.75, 3.05) is 13.1 Å². The zero-order valence-corrected chi connectivity index (χ0v) is 13.6. The SMILES string of the molecule is C=CCn1c(=S)[nH]c2cc(C(=O)N(CC)CC)ccc2c1=O. The first kappa shape index (κ1) is 16.2. The standard InChI is InChI=1S/C16H19N3O2S/c1-4-9-19-15(21)12-8-7-11(10-13(12)17-16(19)22)14(20)18(5-2)6-3/h4,7-8,10H,1,5-6,9H2,2-3H3,(H,17,22). The Labute approximate surface area is 133 Å². The topological polar surface area (TPSA) is 58.1 Å². The molecule has 22 heavy (non-hydrogen) atoms. The molecule has 5 nitrogen and oxygen atoms in total. The number of rotatable bonds is 5. The summed E-state index contributed by atoms with van der Waals surface area (Å²) >= 11 is 5.20. The Hall–Kier alpha value is -2.21. The van der Waals surface area contributed by atoms with Crippen LogP contribution in [0.15, 0.2) is 35.6 Å². The number of allylic oxidation sites excluding steroid dienone is 1. The average Bonchev–Trinajstić information content (AvgIpc) is 2.52. The zero-order valence-electron chi connectivity index (χ0n) is 12.8. The number of aromatic nitrogens is 2. The van der Waals surface area contributed by atoms with E-state index in [-0.39, 0.29) is 11.5 Å². The van der Waals surface area contributed by atoms with Gasteiger partial charge >= 0.3 is 0 Å².